The van der Waals surface area contributed by atoms with Crippen LogP contribution in [-0.4, -0.2) is 22.8 Å². The molecule has 5 heteroatoms. The molecule has 0 radical (unpaired) electrons. The second-order valence-corrected chi connectivity index (χ2v) is 5.76. The molecule has 0 aliphatic heterocycles. The number of carbonyl (C=O) groups is 1. The number of carbonyl (C=O) groups excluding carboxylic acids is 1. The first-order chi connectivity index (χ1) is 12.6. The molecule has 0 spiro atoms. The van der Waals surface area contributed by atoms with Gasteiger partial charge in [-0.2, -0.15) is 0 Å². The summed E-state index contributed by atoms with van der Waals surface area (Å²) in [5, 5.41) is 0. The summed E-state index contributed by atoms with van der Waals surface area (Å²) in [6.07, 6.45) is 10.1. The van der Waals surface area contributed by atoms with Gasteiger partial charge in [-0.25, -0.2) is 14.4 Å². The number of rotatable bonds is 5. The lowest BCUT2D eigenvalue weighted by atomic mass is 10.0. The Labute approximate surface area is 151 Å². The van der Waals surface area contributed by atoms with Gasteiger partial charge in [0, 0.05) is 30.3 Å². The van der Waals surface area contributed by atoms with Crippen LogP contribution in [0.3, 0.4) is 0 Å². The van der Waals surface area contributed by atoms with E-state index in [4.69, 9.17) is 6.42 Å². The molecule has 128 valence electrons. The highest BCUT2D eigenvalue weighted by Crippen LogP contribution is 2.25. The van der Waals surface area contributed by atoms with Gasteiger partial charge in [0.2, 0.25) is 0 Å². The van der Waals surface area contributed by atoms with E-state index in [2.05, 4.69) is 15.9 Å². The lowest BCUT2D eigenvalue weighted by Gasteiger charge is -2.19. The van der Waals surface area contributed by atoms with Gasteiger partial charge >= 0.3 is 0 Å². The molecule has 0 saturated heterocycles. The number of hydrogen-bond acceptors (Lipinski definition) is 4. The molecule has 3 aromatic rings. The van der Waals surface area contributed by atoms with Crippen molar-refractivity contribution < 1.29 is 9.18 Å². The standard InChI is InChI=1S/C21H16FN3O/c1-3-15-5-4-6-16(9-15)21(26)11-17-10-18(7-8-20(17)22)25(2)19-12-23-14-24-13-19/h1,4-10,12-14H,11H2,2H3. The van der Waals surface area contributed by atoms with Gasteiger partial charge in [-0.15, -0.1) is 6.42 Å². The largest absolute Gasteiger partial charge is 0.342 e. The van der Waals surface area contributed by atoms with Crippen molar-refractivity contribution in [3.05, 3.63) is 83.7 Å². The molecule has 0 atom stereocenters. The Hall–Kier alpha value is -3.52. The molecule has 0 fully saturated rings. The topological polar surface area (TPSA) is 46.1 Å². The van der Waals surface area contributed by atoms with Gasteiger partial charge in [-0.3, -0.25) is 4.79 Å². The fourth-order valence-electron chi connectivity index (χ4n) is 2.58. The summed E-state index contributed by atoms with van der Waals surface area (Å²) in [5.74, 6) is 1.88. The molecule has 0 amide bonds. The van der Waals surface area contributed by atoms with Crippen molar-refractivity contribution in [2.75, 3.05) is 11.9 Å². The Morgan fingerprint density at radius 3 is 2.65 bits per heavy atom. The Morgan fingerprint density at radius 2 is 1.92 bits per heavy atom. The third kappa shape index (κ3) is 3.76. The highest BCUT2D eigenvalue weighted by molar-refractivity contribution is 5.98. The van der Waals surface area contributed by atoms with E-state index in [9.17, 15) is 9.18 Å². The van der Waals surface area contributed by atoms with Gasteiger partial charge in [-0.1, -0.05) is 18.1 Å². The molecule has 0 bridgehead atoms. The zero-order valence-corrected chi connectivity index (χ0v) is 14.2. The predicted molar refractivity (Wildman–Crippen MR) is 98.9 cm³/mol. The molecule has 0 aliphatic rings. The number of nitrogens with zero attached hydrogens (tertiary/aromatic N) is 3. The van der Waals surface area contributed by atoms with Crippen LogP contribution in [-0.2, 0) is 6.42 Å². The summed E-state index contributed by atoms with van der Waals surface area (Å²) in [4.78, 5) is 22.3. The summed E-state index contributed by atoms with van der Waals surface area (Å²) in [6, 6.07) is 11.4. The Kier molecular flexibility index (Phi) is 5.04. The molecule has 0 N–H and O–H groups in total. The first-order valence-electron chi connectivity index (χ1n) is 7.95. The molecular weight excluding hydrogens is 329 g/mol. The monoisotopic (exact) mass is 345 g/mol. The maximum absolute atomic E-state index is 14.2. The average Bonchev–Trinajstić information content (AvgIpc) is 2.69. The number of terminal acetylenes is 1. The highest BCUT2D eigenvalue weighted by atomic mass is 19.1. The summed E-state index contributed by atoms with van der Waals surface area (Å²) in [6.45, 7) is 0. The van der Waals surface area contributed by atoms with Crippen molar-refractivity contribution in [1.82, 2.24) is 9.97 Å². The quantitative estimate of drug-likeness (QED) is 0.521. The van der Waals surface area contributed by atoms with Crippen LogP contribution in [0.2, 0.25) is 0 Å². The molecule has 0 unspecified atom stereocenters. The highest BCUT2D eigenvalue weighted by Gasteiger charge is 2.14. The Morgan fingerprint density at radius 1 is 1.15 bits per heavy atom. The van der Waals surface area contributed by atoms with Crippen LogP contribution in [0.1, 0.15) is 21.5 Å². The van der Waals surface area contributed by atoms with Crippen LogP contribution in [0.25, 0.3) is 0 Å². The van der Waals surface area contributed by atoms with Crippen LogP contribution in [0, 0.1) is 18.2 Å². The summed E-state index contributed by atoms with van der Waals surface area (Å²) in [5.41, 5.74) is 2.91. The SMILES string of the molecule is C#Cc1cccc(C(=O)Cc2cc(N(C)c3cncnc3)ccc2F)c1. The molecule has 26 heavy (non-hydrogen) atoms. The lowest BCUT2D eigenvalue weighted by molar-refractivity contribution is 0.0992. The minimum absolute atomic E-state index is 0.0488. The number of ketones is 1. The number of Topliss-reactive ketones (excluding diaryl/α,β-unsaturated/α-hetero) is 1. The number of halogens is 1. The molecule has 1 aromatic heterocycles. The molecule has 4 nitrogen and oxygen atoms in total. The van der Waals surface area contributed by atoms with Crippen molar-refractivity contribution in [3.63, 3.8) is 0 Å². The van der Waals surface area contributed by atoms with Crippen molar-refractivity contribution >= 4 is 17.2 Å². The van der Waals surface area contributed by atoms with Crippen LogP contribution < -0.4 is 4.90 Å². The van der Waals surface area contributed by atoms with E-state index in [1.165, 1.54) is 12.4 Å². The van der Waals surface area contributed by atoms with E-state index < -0.39 is 5.82 Å². The zero-order chi connectivity index (χ0) is 18.5. The van der Waals surface area contributed by atoms with Gasteiger partial charge in [0.1, 0.15) is 12.1 Å². The predicted octanol–water partition coefficient (Wildman–Crippen LogP) is 3.79. The van der Waals surface area contributed by atoms with Gasteiger partial charge in [0.25, 0.3) is 0 Å². The lowest BCUT2D eigenvalue weighted by Crippen LogP contribution is -2.12. The molecular formula is C21H16FN3O. The third-order valence-electron chi connectivity index (χ3n) is 4.05. The first kappa shape index (κ1) is 17.3. The van der Waals surface area contributed by atoms with Crippen LogP contribution in [0.4, 0.5) is 15.8 Å². The van der Waals surface area contributed by atoms with Gasteiger partial charge in [0.05, 0.1) is 18.1 Å². The van der Waals surface area contributed by atoms with Gasteiger partial charge < -0.3 is 4.90 Å². The fourth-order valence-corrected chi connectivity index (χ4v) is 2.58. The second kappa shape index (κ2) is 7.58. The fraction of sp³-hybridized carbons (Fsp3) is 0.0952. The van der Waals surface area contributed by atoms with Gasteiger partial charge in [0.15, 0.2) is 5.78 Å². The zero-order valence-electron chi connectivity index (χ0n) is 14.2. The van der Waals surface area contributed by atoms with Crippen LogP contribution in [0.15, 0.2) is 61.2 Å². The van der Waals surface area contributed by atoms with Crippen LogP contribution >= 0.6 is 0 Å². The maximum Gasteiger partial charge on any atom is 0.167 e. The van der Waals surface area contributed by atoms with E-state index in [1.807, 2.05) is 11.9 Å². The van der Waals surface area contributed by atoms with Crippen molar-refractivity contribution in [2.45, 2.75) is 6.42 Å². The number of benzene rings is 2. The summed E-state index contributed by atoms with van der Waals surface area (Å²) in [7, 11) is 1.83. The minimum Gasteiger partial charge on any atom is -0.342 e. The Bertz CT molecular complexity index is 980. The average molecular weight is 345 g/mol. The first-order valence-corrected chi connectivity index (χ1v) is 7.95. The van der Waals surface area contributed by atoms with Crippen molar-refractivity contribution in [3.8, 4) is 12.3 Å². The van der Waals surface area contributed by atoms with E-state index in [-0.39, 0.29) is 12.2 Å². The minimum atomic E-state index is -0.423. The molecule has 0 saturated carbocycles. The maximum atomic E-state index is 14.2. The van der Waals surface area contributed by atoms with E-state index >= 15 is 0 Å². The van der Waals surface area contributed by atoms with Crippen molar-refractivity contribution in [1.29, 1.82) is 0 Å². The molecule has 1 heterocycles. The third-order valence-corrected chi connectivity index (χ3v) is 4.05. The van der Waals surface area contributed by atoms with Crippen molar-refractivity contribution in [2.24, 2.45) is 0 Å². The Balaban J connectivity index is 1.86. The molecule has 0 aliphatic carbocycles. The number of hydrogen-bond donors (Lipinski definition) is 0. The smallest absolute Gasteiger partial charge is 0.167 e. The van der Waals surface area contributed by atoms with E-state index in [1.54, 1.807) is 48.8 Å². The van der Waals surface area contributed by atoms with Gasteiger partial charge in [-0.05, 0) is 35.9 Å². The molecule has 2 aromatic carbocycles. The van der Waals surface area contributed by atoms with E-state index in [0.717, 1.165) is 11.4 Å². The summed E-state index contributed by atoms with van der Waals surface area (Å²) < 4.78 is 14.2. The normalized spacial score (nSPS) is 10.2. The molecule has 3 rings (SSSR count). The number of anilines is 2. The summed E-state index contributed by atoms with van der Waals surface area (Å²) >= 11 is 0. The number of aromatic nitrogens is 2. The van der Waals surface area contributed by atoms with E-state index in [0.29, 0.717) is 16.7 Å². The second-order valence-electron chi connectivity index (χ2n) is 5.76. The van der Waals surface area contributed by atoms with Crippen LogP contribution in [0.5, 0.6) is 0 Å².